The lowest BCUT2D eigenvalue weighted by Gasteiger charge is -2.31. The predicted octanol–water partition coefficient (Wildman–Crippen LogP) is 2.32. The standard InChI is InChI=1S/C17H25N3O/c1-14-17(21)18-16-8-4-3-7-15(16)13-20(14)12-11-19-9-5-2-6-10-19/h3-4,7-8,14H,2,5-6,9-13H2,1H3,(H,18,21)/t14-/m0/s1. The maximum absolute atomic E-state index is 12.3. The Labute approximate surface area is 127 Å². The van der Waals surface area contributed by atoms with Gasteiger partial charge in [0.15, 0.2) is 0 Å². The Morgan fingerprint density at radius 3 is 2.71 bits per heavy atom. The van der Waals surface area contributed by atoms with Gasteiger partial charge in [-0.2, -0.15) is 0 Å². The van der Waals surface area contributed by atoms with Crippen LogP contribution in [0.5, 0.6) is 0 Å². The molecule has 1 fully saturated rings. The molecule has 1 amide bonds. The summed E-state index contributed by atoms with van der Waals surface area (Å²) in [4.78, 5) is 17.1. The number of para-hydroxylation sites is 1. The van der Waals surface area contributed by atoms with Crippen LogP contribution in [-0.4, -0.2) is 47.9 Å². The SMILES string of the molecule is C[C@H]1C(=O)Nc2ccccc2CN1CCN1CCCCC1. The largest absolute Gasteiger partial charge is 0.324 e. The minimum atomic E-state index is -0.0674. The lowest BCUT2D eigenvalue weighted by Crippen LogP contribution is -2.44. The minimum absolute atomic E-state index is 0.0674. The average Bonchev–Trinajstić information content (AvgIpc) is 2.64. The number of amides is 1. The molecule has 1 atom stereocenters. The van der Waals surface area contributed by atoms with Gasteiger partial charge in [-0.05, 0) is 44.5 Å². The zero-order valence-electron chi connectivity index (χ0n) is 12.8. The lowest BCUT2D eigenvalue weighted by atomic mass is 10.1. The highest BCUT2D eigenvalue weighted by Gasteiger charge is 2.26. The highest BCUT2D eigenvalue weighted by atomic mass is 16.2. The molecule has 1 N–H and O–H groups in total. The molecule has 0 unspecified atom stereocenters. The van der Waals surface area contributed by atoms with E-state index in [9.17, 15) is 4.79 Å². The van der Waals surface area contributed by atoms with E-state index >= 15 is 0 Å². The number of carbonyl (C=O) groups is 1. The van der Waals surface area contributed by atoms with E-state index in [1.807, 2.05) is 25.1 Å². The number of rotatable bonds is 3. The quantitative estimate of drug-likeness (QED) is 0.926. The first kappa shape index (κ1) is 14.5. The molecule has 1 aromatic carbocycles. The van der Waals surface area contributed by atoms with Gasteiger partial charge >= 0.3 is 0 Å². The maximum Gasteiger partial charge on any atom is 0.241 e. The number of benzene rings is 1. The van der Waals surface area contributed by atoms with Crippen LogP contribution in [0.1, 0.15) is 31.7 Å². The van der Waals surface area contributed by atoms with Crippen LogP contribution in [0.3, 0.4) is 0 Å². The molecule has 21 heavy (non-hydrogen) atoms. The van der Waals surface area contributed by atoms with E-state index in [-0.39, 0.29) is 11.9 Å². The van der Waals surface area contributed by atoms with Crippen molar-refractivity contribution in [3.8, 4) is 0 Å². The van der Waals surface area contributed by atoms with Crippen LogP contribution < -0.4 is 5.32 Å². The van der Waals surface area contributed by atoms with Crippen molar-refractivity contribution in [2.75, 3.05) is 31.5 Å². The number of carbonyl (C=O) groups excluding carboxylic acids is 1. The number of piperidine rings is 1. The highest BCUT2D eigenvalue weighted by Crippen LogP contribution is 2.22. The molecular formula is C17H25N3O. The second kappa shape index (κ2) is 6.58. The Hall–Kier alpha value is -1.39. The Balaban J connectivity index is 1.67. The first-order valence-electron chi connectivity index (χ1n) is 8.09. The molecule has 0 aliphatic carbocycles. The van der Waals surface area contributed by atoms with Crippen molar-refractivity contribution in [1.29, 1.82) is 0 Å². The topological polar surface area (TPSA) is 35.6 Å². The second-order valence-corrected chi connectivity index (χ2v) is 6.20. The van der Waals surface area contributed by atoms with Gasteiger partial charge in [0.05, 0.1) is 6.04 Å². The Morgan fingerprint density at radius 2 is 1.90 bits per heavy atom. The summed E-state index contributed by atoms with van der Waals surface area (Å²) < 4.78 is 0. The molecule has 2 aliphatic rings. The maximum atomic E-state index is 12.3. The van der Waals surface area contributed by atoms with Crippen molar-refractivity contribution in [2.45, 2.75) is 38.8 Å². The summed E-state index contributed by atoms with van der Waals surface area (Å²) in [5, 5.41) is 3.05. The molecule has 3 rings (SSSR count). The van der Waals surface area contributed by atoms with Crippen LogP contribution in [0.4, 0.5) is 5.69 Å². The van der Waals surface area contributed by atoms with E-state index < -0.39 is 0 Å². The Kier molecular flexibility index (Phi) is 4.56. The zero-order valence-corrected chi connectivity index (χ0v) is 12.8. The summed E-state index contributed by atoms with van der Waals surface area (Å²) in [6, 6.07) is 8.06. The highest BCUT2D eigenvalue weighted by molar-refractivity contribution is 5.95. The molecule has 1 aromatic rings. The second-order valence-electron chi connectivity index (χ2n) is 6.20. The molecule has 2 heterocycles. The van der Waals surface area contributed by atoms with Gasteiger partial charge in [0.25, 0.3) is 0 Å². The average molecular weight is 287 g/mol. The molecular weight excluding hydrogens is 262 g/mol. The smallest absolute Gasteiger partial charge is 0.241 e. The Morgan fingerprint density at radius 1 is 1.14 bits per heavy atom. The van der Waals surface area contributed by atoms with Crippen LogP contribution in [0.2, 0.25) is 0 Å². The number of hydrogen-bond acceptors (Lipinski definition) is 3. The van der Waals surface area contributed by atoms with Gasteiger partial charge in [0, 0.05) is 25.3 Å². The monoisotopic (exact) mass is 287 g/mol. The first-order valence-corrected chi connectivity index (χ1v) is 8.09. The molecule has 1 saturated heterocycles. The summed E-state index contributed by atoms with van der Waals surface area (Å²) in [5.74, 6) is 0.110. The van der Waals surface area contributed by atoms with Gasteiger partial charge in [0.1, 0.15) is 0 Å². The Bertz CT molecular complexity index is 497. The number of fused-ring (bicyclic) bond motifs is 1. The number of nitrogens with one attached hydrogen (secondary N) is 1. The van der Waals surface area contributed by atoms with E-state index in [1.165, 1.54) is 37.9 Å². The number of nitrogens with zero attached hydrogens (tertiary/aromatic N) is 2. The predicted molar refractivity (Wildman–Crippen MR) is 85.2 cm³/mol. The molecule has 0 spiro atoms. The van der Waals surface area contributed by atoms with E-state index in [2.05, 4.69) is 21.2 Å². The summed E-state index contributed by atoms with van der Waals surface area (Å²) in [6.45, 7) is 7.32. The molecule has 0 saturated carbocycles. The summed E-state index contributed by atoms with van der Waals surface area (Å²) in [5.41, 5.74) is 2.18. The molecule has 0 bridgehead atoms. The molecule has 4 nitrogen and oxygen atoms in total. The van der Waals surface area contributed by atoms with Gasteiger partial charge in [-0.1, -0.05) is 24.6 Å². The number of likely N-dealkylation sites (tertiary alicyclic amines) is 1. The van der Waals surface area contributed by atoms with Gasteiger partial charge in [-0.25, -0.2) is 0 Å². The van der Waals surface area contributed by atoms with E-state index in [0.717, 1.165) is 25.3 Å². The van der Waals surface area contributed by atoms with Crippen LogP contribution in [0, 0.1) is 0 Å². The van der Waals surface area contributed by atoms with E-state index in [0.29, 0.717) is 0 Å². The van der Waals surface area contributed by atoms with Crippen molar-refractivity contribution >= 4 is 11.6 Å². The zero-order chi connectivity index (χ0) is 14.7. The van der Waals surface area contributed by atoms with E-state index in [1.54, 1.807) is 0 Å². The van der Waals surface area contributed by atoms with Gasteiger partial charge in [-0.15, -0.1) is 0 Å². The van der Waals surface area contributed by atoms with Crippen LogP contribution in [-0.2, 0) is 11.3 Å². The van der Waals surface area contributed by atoms with Gasteiger partial charge in [0.2, 0.25) is 5.91 Å². The molecule has 114 valence electrons. The molecule has 4 heteroatoms. The van der Waals surface area contributed by atoms with Crippen LogP contribution in [0.15, 0.2) is 24.3 Å². The van der Waals surface area contributed by atoms with Crippen LogP contribution >= 0.6 is 0 Å². The summed E-state index contributed by atoms with van der Waals surface area (Å²) in [7, 11) is 0. The molecule has 2 aliphatic heterocycles. The fourth-order valence-electron chi connectivity index (χ4n) is 3.26. The van der Waals surface area contributed by atoms with Crippen molar-refractivity contribution < 1.29 is 4.79 Å². The minimum Gasteiger partial charge on any atom is -0.324 e. The van der Waals surface area contributed by atoms with E-state index in [4.69, 9.17) is 0 Å². The fourth-order valence-corrected chi connectivity index (χ4v) is 3.26. The summed E-state index contributed by atoms with van der Waals surface area (Å²) in [6.07, 6.45) is 4.00. The third-order valence-electron chi connectivity index (χ3n) is 4.73. The van der Waals surface area contributed by atoms with Gasteiger partial charge in [-0.3, -0.25) is 9.69 Å². The third-order valence-corrected chi connectivity index (χ3v) is 4.73. The van der Waals surface area contributed by atoms with Gasteiger partial charge < -0.3 is 10.2 Å². The summed E-state index contributed by atoms with van der Waals surface area (Å²) >= 11 is 0. The van der Waals surface area contributed by atoms with Crippen molar-refractivity contribution in [3.63, 3.8) is 0 Å². The molecule has 0 radical (unpaired) electrons. The lowest BCUT2D eigenvalue weighted by molar-refractivity contribution is -0.120. The van der Waals surface area contributed by atoms with Crippen molar-refractivity contribution in [3.05, 3.63) is 29.8 Å². The van der Waals surface area contributed by atoms with Crippen LogP contribution in [0.25, 0.3) is 0 Å². The number of hydrogen-bond donors (Lipinski definition) is 1. The van der Waals surface area contributed by atoms with Crippen molar-refractivity contribution in [2.24, 2.45) is 0 Å². The number of anilines is 1. The van der Waals surface area contributed by atoms with Crippen molar-refractivity contribution in [1.82, 2.24) is 9.80 Å². The third kappa shape index (κ3) is 3.44. The fraction of sp³-hybridized carbons (Fsp3) is 0.588. The molecule has 0 aromatic heterocycles. The first-order chi connectivity index (χ1) is 10.2. The normalized spacial score (nSPS) is 24.2.